The van der Waals surface area contributed by atoms with E-state index < -0.39 is 0 Å². The number of benzene rings is 3. The Labute approximate surface area is 216 Å². The van der Waals surface area contributed by atoms with Crippen molar-refractivity contribution in [1.29, 1.82) is 0 Å². The number of rotatable bonds is 5. The summed E-state index contributed by atoms with van der Waals surface area (Å²) in [5.74, 6) is 0.694. The molecular formula is C29H20INO4. The van der Waals surface area contributed by atoms with Crippen molar-refractivity contribution in [2.24, 2.45) is 0 Å². The highest BCUT2D eigenvalue weighted by atomic mass is 127. The predicted molar refractivity (Wildman–Crippen MR) is 145 cm³/mol. The molecule has 0 atom stereocenters. The van der Waals surface area contributed by atoms with Crippen LogP contribution in [0, 0.1) is 3.57 Å². The van der Waals surface area contributed by atoms with Crippen molar-refractivity contribution in [3.63, 3.8) is 0 Å². The molecule has 0 bridgehead atoms. The number of furan rings is 1. The van der Waals surface area contributed by atoms with Gasteiger partial charge in [-0.2, -0.15) is 0 Å². The maximum atomic E-state index is 13.5. The van der Waals surface area contributed by atoms with E-state index in [0.717, 1.165) is 26.1 Å². The second kappa shape index (κ2) is 9.76. The first-order valence-corrected chi connectivity index (χ1v) is 12.0. The highest BCUT2D eigenvalue weighted by Gasteiger charge is 2.30. The van der Waals surface area contributed by atoms with Crippen molar-refractivity contribution in [2.45, 2.75) is 0 Å². The lowest BCUT2D eigenvalue weighted by Gasteiger charge is -2.20. The van der Waals surface area contributed by atoms with Crippen molar-refractivity contribution >= 4 is 51.9 Å². The first-order chi connectivity index (χ1) is 17.0. The van der Waals surface area contributed by atoms with Gasteiger partial charge in [0.2, 0.25) is 0 Å². The van der Waals surface area contributed by atoms with Crippen molar-refractivity contribution < 1.29 is 18.7 Å². The van der Waals surface area contributed by atoms with E-state index in [1.807, 2.05) is 72.8 Å². The number of ether oxygens (including phenoxy) is 1. The van der Waals surface area contributed by atoms with Crippen LogP contribution in [0.15, 0.2) is 107 Å². The number of hydrogen-bond acceptors (Lipinski definition) is 4. The van der Waals surface area contributed by atoms with Gasteiger partial charge in [-0.15, -0.1) is 0 Å². The van der Waals surface area contributed by atoms with E-state index in [9.17, 15) is 9.59 Å². The van der Waals surface area contributed by atoms with Gasteiger partial charge in [0.25, 0.3) is 5.91 Å². The minimum absolute atomic E-state index is 0.120. The summed E-state index contributed by atoms with van der Waals surface area (Å²) in [7, 11) is 1.35. The molecule has 0 unspecified atom stereocenters. The van der Waals surface area contributed by atoms with Crippen LogP contribution in [-0.4, -0.2) is 19.0 Å². The minimum Gasteiger partial charge on any atom is -0.465 e. The van der Waals surface area contributed by atoms with Gasteiger partial charge in [-0.25, -0.2) is 4.79 Å². The molecule has 3 aromatic carbocycles. The lowest BCUT2D eigenvalue weighted by molar-refractivity contribution is -0.113. The molecule has 0 fully saturated rings. The van der Waals surface area contributed by atoms with Crippen LogP contribution < -0.4 is 4.90 Å². The summed E-state index contributed by atoms with van der Waals surface area (Å²) in [6.45, 7) is 0. The van der Waals surface area contributed by atoms with E-state index in [1.165, 1.54) is 7.11 Å². The molecule has 0 aliphatic carbocycles. The van der Waals surface area contributed by atoms with Gasteiger partial charge in [-0.05, 0) is 88.8 Å². The number of esters is 1. The number of methoxy groups -OCH3 is 1. The van der Waals surface area contributed by atoms with Crippen LogP contribution in [-0.2, 0) is 9.53 Å². The largest absolute Gasteiger partial charge is 0.465 e. The Morgan fingerprint density at radius 3 is 2.29 bits per heavy atom. The Kier molecular flexibility index (Phi) is 6.37. The van der Waals surface area contributed by atoms with Crippen LogP contribution in [0.2, 0.25) is 0 Å². The first kappa shape index (κ1) is 22.9. The van der Waals surface area contributed by atoms with Crippen molar-refractivity contribution in [1.82, 2.24) is 0 Å². The molecule has 6 heteroatoms. The van der Waals surface area contributed by atoms with Gasteiger partial charge >= 0.3 is 5.97 Å². The second-order valence-corrected chi connectivity index (χ2v) is 9.13. The molecule has 0 saturated carbocycles. The van der Waals surface area contributed by atoms with Crippen LogP contribution in [0.3, 0.4) is 0 Å². The third kappa shape index (κ3) is 4.70. The summed E-state index contributed by atoms with van der Waals surface area (Å²) in [5.41, 5.74) is 4.39. The van der Waals surface area contributed by atoms with Crippen molar-refractivity contribution in [3.8, 4) is 11.3 Å². The molecule has 0 saturated heterocycles. The van der Waals surface area contributed by atoms with Crippen LogP contribution in [0.4, 0.5) is 5.69 Å². The quantitative estimate of drug-likeness (QED) is 0.150. The molecular weight excluding hydrogens is 553 g/mol. The van der Waals surface area contributed by atoms with Crippen LogP contribution in [0.25, 0.3) is 23.1 Å². The fourth-order valence-corrected chi connectivity index (χ4v) is 4.27. The fourth-order valence-electron chi connectivity index (χ4n) is 3.91. The van der Waals surface area contributed by atoms with Gasteiger partial charge in [0.1, 0.15) is 11.5 Å². The monoisotopic (exact) mass is 573 g/mol. The molecule has 1 aromatic heterocycles. The standard InChI is InChI=1S/C29H20INO4/c1-34-29(33)21-9-7-20(8-10-21)27-16-15-25(35-27)17-22-18-26(19-5-3-2-4-6-19)31(28(22)32)24-13-11-23(30)12-14-24/h2-18H,1H3/b22-17+. The van der Waals surface area contributed by atoms with Crippen LogP contribution in [0.1, 0.15) is 21.7 Å². The highest BCUT2D eigenvalue weighted by Crippen LogP contribution is 2.36. The van der Waals surface area contributed by atoms with Gasteiger partial charge in [0.05, 0.1) is 18.4 Å². The third-order valence-electron chi connectivity index (χ3n) is 5.65. The summed E-state index contributed by atoms with van der Waals surface area (Å²) < 4.78 is 11.9. The number of halogens is 1. The maximum Gasteiger partial charge on any atom is 0.337 e. The molecule has 0 spiro atoms. The first-order valence-electron chi connectivity index (χ1n) is 10.9. The molecule has 172 valence electrons. The zero-order valence-corrected chi connectivity index (χ0v) is 20.9. The molecule has 0 N–H and O–H groups in total. The van der Waals surface area contributed by atoms with E-state index >= 15 is 0 Å². The van der Waals surface area contributed by atoms with Gasteiger partial charge in [0, 0.05) is 20.4 Å². The number of hydrogen-bond donors (Lipinski definition) is 0. The summed E-state index contributed by atoms with van der Waals surface area (Å²) >= 11 is 2.25. The normalized spacial score (nSPS) is 14.3. The van der Waals surface area contributed by atoms with E-state index in [2.05, 4.69) is 22.6 Å². The number of amides is 1. The molecule has 35 heavy (non-hydrogen) atoms. The molecule has 4 aromatic rings. The highest BCUT2D eigenvalue weighted by molar-refractivity contribution is 14.1. The average Bonchev–Trinajstić information content (AvgIpc) is 3.49. The van der Waals surface area contributed by atoms with Gasteiger partial charge in [-0.1, -0.05) is 42.5 Å². The number of carbonyl (C=O) groups is 2. The molecule has 2 heterocycles. The third-order valence-corrected chi connectivity index (χ3v) is 6.37. The Hall–Kier alpha value is -3.91. The topological polar surface area (TPSA) is 59.8 Å². The zero-order valence-electron chi connectivity index (χ0n) is 18.8. The Morgan fingerprint density at radius 2 is 1.60 bits per heavy atom. The average molecular weight is 573 g/mol. The lowest BCUT2D eigenvalue weighted by atomic mass is 10.1. The van der Waals surface area contributed by atoms with E-state index in [0.29, 0.717) is 22.7 Å². The summed E-state index contributed by atoms with van der Waals surface area (Å²) in [5, 5.41) is 0. The van der Waals surface area contributed by atoms with Gasteiger partial charge in [0.15, 0.2) is 0 Å². The molecule has 1 aliphatic rings. The number of anilines is 1. The number of carbonyl (C=O) groups excluding carboxylic acids is 2. The van der Waals surface area contributed by atoms with E-state index in [1.54, 1.807) is 35.2 Å². The zero-order chi connectivity index (χ0) is 24.4. The SMILES string of the molecule is COC(=O)c1ccc(-c2ccc(/C=C3\C=C(c4ccccc4)N(c4ccc(I)cc4)C3=O)o2)cc1. The Bertz CT molecular complexity index is 1450. The summed E-state index contributed by atoms with van der Waals surface area (Å²) in [6, 6.07) is 28.4. The Morgan fingerprint density at radius 1 is 0.886 bits per heavy atom. The van der Waals surface area contributed by atoms with Gasteiger partial charge < -0.3 is 9.15 Å². The maximum absolute atomic E-state index is 13.5. The lowest BCUT2D eigenvalue weighted by Crippen LogP contribution is -2.24. The summed E-state index contributed by atoms with van der Waals surface area (Å²) in [4.78, 5) is 26.9. The fraction of sp³-hybridized carbons (Fsp3) is 0.0345. The predicted octanol–water partition coefficient (Wildman–Crippen LogP) is 6.81. The van der Waals surface area contributed by atoms with Crippen LogP contribution in [0.5, 0.6) is 0 Å². The molecule has 5 nitrogen and oxygen atoms in total. The second-order valence-electron chi connectivity index (χ2n) is 7.88. The van der Waals surface area contributed by atoms with E-state index in [-0.39, 0.29) is 11.9 Å². The smallest absolute Gasteiger partial charge is 0.337 e. The number of nitrogens with zero attached hydrogens (tertiary/aromatic N) is 1. The van der Waals surface area contributed by atoms with E-state index in [4.69, 9.17) is 9.15 Å². The molecule has 5 rings (SSSR count). The van der Waals surface area contributed by atoms with Gasteiger partial charge in [-0.3, -0.25) is 9.69 Å². The molecule has 0 radical (unpaired) electrons. The molecule has 1 amide bonds. The minimum atomic E-state index is -0.389. The Balaban J connectivity index is 1.48. The van der Waals surface area contributed by atoms with Crippen molar-refractivity contribution in [3.05, 3.63) is 123 Å². The van der Waals surface area contributed by atoms with Crippen LogP contribution >= 0.6 is 22.6 Å². The van der Waals surface area contributed by atoms with Crippen molar-refractivity contribution in [2.75, 3.05) is 12.0 Å². The summed E-state index contributed by atoms with van der Waals surface area (Å²) in [6.07, 6.45) is 3.65. The molecule has 1 aliphatic heterocycles.